The maximum absolute atomic E-state index is 13.6. The number of rotatable bonds is 2. The Hall–Kier alpha value is -1.03. The van der Waals surface area contributed by atoms with Crippen molar-refractivity contribution in [3.05, 3.63) is 34.6 Å². The number of halogens is 3. The van der Waals surface area contributed by atoms with E-state index in [4.69, 9.17) is 0 Å². The lowest BCUT2D eigenvalue weighted by Gasteiger charge is -2.24. The van der Waals surface area contributed by atoms with Gasteiger partial charge >= 0.3 is 0 Å². The molecule has 1 N–H and O–H groups in total. The molecule has 0 amide bonds. The van der Waals surface area contributed by atoms with Gasteiger partial charge in [0, 0.05) is 0 Å². The average molecular weight is 243 g/mol. The zero-order valence-corrected chi connectivity index (χ0v) is 9.77. The Morgan fingerprint density at radius 3 is 2.41 bits per heavy atom. The van der Waals surface area contributed by atoms with Gasteiger partial charge < -0.3 is 5.32 Å². The van der Waals surface area contributed by atoms with Crippen molar-refractivity contribution in [1.82, 2.24) is 5.32 Å². The van der Waals surface area contributed by atoms with Crippen molar-refractivity contribution >= 4 is 0 Å². The van der Waals surface area contributed by atoms with Crippen LogP contribution < -0.4 is 5.32 Å². The van der Waals surface area contributed by atoms with Gasteiger partial charge in [0.1, 0.15) is 5.82 Å². The molecule has 0 atom stereocenters. The molecule has 1 nitrogen and oxygen atoms in total. The lowest BCUT2D eigenvalue weighted by atomic mass is 9.88. The summed E-state index contributed by atoms with van der Waals surface area (Å²) in [6.07, 6.45) is -0.864. The molecule has 0 saturated carbocycles. The highest BCUT2D eigenvalue weighted by Crippen LogP contribution is 2.32. The summed E-state index contributed by atoms with van der Waals surface area (Å²) in [5.41, 5.74) is 0.752. The molecule has 2 rings (SSSR count). The van der Waals surface area contributed by atoms with Crippen LogP contribution in [0.5, 0.6) is 0 Å². The molecule has 0 unspecified atom stereocenters. The number of alkyl halides is 2. The van der Waals surface area contributed by atoms with Gasteiger partial charge in [0.2, 0.25) is 0 Å². The van der Waals surface area contributed by atoms with Crippen molar-refractivity contribution in [1.29, 1.82) is 0 Å². The number of aryl methyl sites for hydroxylation is 1. The molecule has 0 bridgehead atoms. The molecule has 0 aromatic heterocycles. The van der Waals surface area contributed by atoms with Crippen molar-refractivity contribution in [3.63, 3.8) is 0 Å². The highest BCUT2D eigenvalue weighted by molar-refractivity contribution is 5.35. The Bertz CT molecular complexity index is 375. The van der Waals surface area contributed by atoms with Gasteiger partial charge in [0.25, 0.3) is 6.43 Å². The van der Waals surface area contributed by atoms with E-state index in [2.05, 4.69) is 5.32 Å². The van der Waals surface area contributed by atoms with Gasteiger partial charge in [-0.15, -0.1) is 0 Å². The SMILES string of the molecule is Cc1cc(C2CCNCC2)cc(F)c1C(F)F. The highest BCUT2D eigenvalue weighted by Gasteiger charge is 2.21. The van der Waals surface area contributed by atoms with Crippen molar-refractivity contribution in [2.24, 2.45) is 0 Å². The molecule has 0 radical (unpaired) electrons. The van der Waals surface area contributed by atoms with Gasteiger partial charge in [-0.3, -0.25) is 0 Å². The summed E-state index contributed by atoms with van der Waals surface area (Å²) in [4.78, 5) is 0. The average Bonchev–Trinajstić information content (AvgIpc) is 2.28. The van der Waals surface area contributed by atoms with E-state index >= 15 is 0 Å². The standard InChI is InChI=1S/C13H16F3N/c1-8-6-10(9-2-4-17-5-3-9)7-11(14)12(8)13(15)16/h6-7,9,13,17H,2-5H2,1H3. The van der Waals surface area contributed by atoms with Gasteiger partial charge in [0.15, 0.2) is 0 Å². The van der Waals surface area contributed by atoms with E-state index in [0.29, 0.717) is 5.56 Å². The number of hydrogen-bond acceptors (Lipinski definition) is 1. The molecule has 1 fully saturated rings. The summed E-state index contributed by atoms with van der Waals surface area (Å²) in [5.74, 6) is -0.482. The first kappa shape index (κ1) is 12.4. The molecule has 17 heavy (non-hydrogen) atoms. The predicted molar refractivity (Wildman–Crippen MR) is 60.9 cm³/mol. The zero-order chi connectivity index (χ0) is 12.4. The summed E-state index contributed by atoms with van der Waals surface area (Å²) in [5, 5.41) is 3.23. The fourth-order valence-electron chi connectivity index (χ4n) is 2.45. The number of hydrogen-bond donors (Lipinski definition) is 1. The fourth-order valence-corrected chi connectivity index (χ4v) is 2.45. The van der Waals surface area contributed by atoms with E-state index in [0.717, 1.165) is 31.5 Å². The molecule has 1 aliphatic heterocycles. The largest absolute Gasteiger partial charge is 0.317 e. The molecule has 4 heteroatoms. The van der Waals surface area contributed by atoms with Gasteiger partial charge in [0.05, 0.1) is 5.56 Å². The van der Waals surface area contributed by atoms with Crippen molar-refractivity contribution < 1.29 is 13.2 Å². The van der Waals surface area contributed by atoms with E-state index in [1.807, 2.05) is 0 Å². The second kappa shape index (κ2) is 5.08. The van der Waals surface area contributed by atoms with Crippen LogP contribution in [0.4, 0.5) is 13.2 Å². The van der Waals surface area contributed by atoms with Crippen LogP contribution in [0.3, 0.4) is 0 Å². The monoisotopic (exact) mass is 243 g/mol. The second-order valence-corrected chi connectivity index (χ2v) is 4.56. The third-order valence-electron chi connectivity index (χ3n) is 3.39. The first-order valence-corrected chi connectivity index (χ1v) is 5.88. The van der Waals surface area contributed by atoms with E-state index in [1.165, 1.54) is 6.07 Å². The molecule has 1 aliphatic rings. The van der Waals surface area contributed by atoms with Crippen LogP contribution in [-0.4, -0.2) is 13.1 Å². The third kappa shape index (κ3) is 2.63. The van der Waals surface area contributed by atoms with Crippen molar-refractivity contribution in [2.75, 3.05) is 13.1 Å². The normalized spacial score (nSPS) is 17.7. The van der Waals surface area contributed by atoms with Gasteiger partial charge in [-0.1, -0.05) is 6.07 Å². The molecule has 0 spiro atoms. The number of nitrogens with one attached hydrogen (secondary N) is 1. The molecule has 0 aliphatic carbocycles. The van der Waals surface area contributed by atoms with Crippen LogP contribution in [0.25, 0.3) is 0 Å². The molecular weight excluding hydrogens is 227 g/mol. The van der Waals surface area contributed by atoms with Gasteiger partial charge in [-0.2, -0.15) is 0 Å². The van der Waals surface area contributed by atoms with Crippen LogP contribution >= 0.6 is 0 Å². The number of benzene rings is 1. The highest BCUT2D eigenvalue weighted by atomic mass is 19.3. The van der Waals surface area contributed by atoms with Crippen LogP contribution in [-0.2, 0) is 0 Å². The maximum atomic E-state index is 13.6. The molecule has 94 valence electrons. The summed E-state index contributed by atoms with van der Waals surface area (Å²) < 4.78 is 38.8. The Morgan fingerprint density at radius 1 is 1.24 bits per heavy atom. The van der Waals surface area contributed by atoms with Crippen LogP contribution in [0.1, 0.15) is 41.9 Å². The fraction of sp³-hybridized carbons (Fsp3) is 0.538. The summed E-state index contributed by atoms with van der Waals surface area (Å²) in [6.45, 7) is 3.36. The van der Waals surface area contributed by atoms with E-state index in [9.17, 15) is 13.2 Å². The van der Waals surface area contributed by atoms with Gasteiger partial charge in [-0.25, -0.2) is 13.2 Å². The maximum Gasteiger partial charge on any atom is 0.266 e. The Morgan fingerprint density at radius 2 is 1.88 bits per heavy atom. The van der Waals surface area contributed by atoms with Crippen molar-refractivity contribution in [2.45, 2.75) is 32.1 Å². The van der Waals surface area contributed by atoms with Crippen LogP contribution in [0.15, 0.2) is 12.1 Å². The topological polar surface area (TPSA) is 12.0 Å². The summed E-state index contributed by atoms with van der Waals surface area (Å²) in [7, 11) is 0. The Kier molecular flexibility index (Phi) is 3.72. The van der Waals surface area contributed by atoms with Crippen LogP contribution in [0, 0.1) is 12.7 Å². The van der Waals surface area contributed by atoms with E-state index in [-0.39, 0.29) is 5.92 Å². The smallest absolute Gasteiger partial charge is 0.266 e. The number of piperidine rings is 1. The Labute approximate surface area is 99.0 Å². The zero-order valence-electron chi connectivity index (χ0n) is 9.77. The summed E-state index contributed by atoms with van der Waals surface area (Å²) in [6, 6.07) is 2.99. The molecule has 1 aromatic rings. The van der Waals surface area contributed by atoms with Crippen LogP contribution in [0.2, 0.25) is 0 Å². The second-order valence-electron chi connectivity index (χ2n) is 4.56. The van der Waals surface area contributed by atoms with Crippen molar-refractivity contribution in [3.8, 4) is 0 Å². The summed E-state index contributed by atoms with van der Waals surface area (Å²) >= 11 is 0. The molecule has 1 heterocycles. The van der Waals surface area contributed by atoms with E-state index in [1.54, 1.807) is 13.0 Å². The molecule has 1 saturated heterocycles. The lowest BCUT2D eigenvalue weighted by molar-refractivity contribution is 0.145. The first-order chi connectivity index (χ1) is 8.09. The molecular formula is C13H16F3N. The molecule has 1 aromatic carbocycles. The minimum absolute atomic E-state index is 0.288. The quantitative estimate of drug-likeness (QED) is 0.837. The minimum Gasteiger partial charge on any atom is -0.317 e. The predicted octanol–water partition coefficient (Wildman–Crippen LogP) is 3.54. The first-order valence-electron chi connectivity index (χ1n) is 5.88. The Balaban J connectivity index is 2.31. The third-order valence-corrected chi connectivity index (χ3v) is 3.39. The van der Waals surface area contributed by atoms with E-state index < -0.39 is 17.8 Å². The van der Waals surface area contributed by atoms with Gasteiger partial charge in [-0.05, 0) is 56.0 Å². The minimum atomic E-state index is -2.74. The lowest BCUT2D eigenvalue weighted by Crippen LogP contribution is -2.26.